The van der Waals surface area contributed by atoms with Crippen molar-refractivity contribution in [3.05, 3.63) is 65.2 Å². The Labute approximate surface area is 135 Å². The Balaban J connectivity index is 1.80. The van der Waals surface area contributed by atoms with Crippen LogP contribution in [0.3, 0.4) is 0 Å². The quantitative estimate of drug-likeness (QED) is 0.910. The van der Waals surface area contributed by atoms with Crippen molar-refractivity contribution in [2.24, 2.45) is 5.92 Å². The Bertz CT molecular complexity index is 696. The molecule has 1 aliphatic rings. The fraction of sp³-hybridized carbons (Fsp3) is 0.316. The van der Waals surface area contributed by atoms with Crippen LogP contribution in [0.1, 0.15) is 35.6 Å². The van der Waals surface area contributed by atoms with E-state index in [1.54, 1.807) is 25.1 Å². The van der Waals surface area contributed by atoms with Crippen molar-refractivity contribution >= 4 is 5.97 Å². The molecule has 0 aromatic heterocycles. The second kappa shape index (κ2) is 6.42. The molecule has 1 aliphatic heterocycles. The van der Waals surface area contributed by atoms with E-state index in [1.165, 1.54) is 5.56 Å². The molecule has 1 unspecified atom stereocenters. The van der Waals surface area contributed by atoms with Crippen molar-refractivity contribution in [3.63, 3.8) is 0 Å². The number of rotatable bonds is 4. The number of hydrogen-bond acceptors (Lipinski definition) is 3. The summed E-state index contributed by atoms with van der Waals surface area (Å²) in [5, 5.41) is 19.7. The largest absolute Gasteiger partial charge is 0.493 e. The molecule has 0 amide bonds. The first-order valence-electron chi connectivity index (χ1n) is 7.77. The van der Waals surface area contributed by atoms with Gasteiger partial charge in [-0.1, -0.05) is 42.5 Å². The van der Waals surface area contributed by atoms with Gasteiger partial charge in [0.25, 0.3) is 0 Å². The molecule has 4 nitrogen and oxygen atoms in total. The maximum absolute atomic E-state index is 11.1. The van der Waals surface area contributed by atoms with E-state index in [0.717, 1.165) is 12.0 Å². The molecule has 0 saturated heterocycles. The standard InChI is InChI=1S/C19H20O4/c1-12(19(21)22)14-7-8-16-17(10-14)23-11-15(18(16)20)9-13-5-3-2-4-6-13/h2-8,10,12,15,18,20H,9,11H2,1H3,(H,21,22)/t12?,15-,18+/m0/s1. The van der Waals surface area contributed by atoms with Crippen molar-refractivity contribution in [2.45, 2.75) is 25.4 Å². The molecule has 4 heteroatoms. The summed E-state index contributed by atoms with van der Waals surface area (Å²) in [5.41, 5.74) is 2.59. The van der Waals surface area contributed by atoms with Gasteiger partial charge in [0.2, 0.25) is 0 Å². The fourth-order valence-corrected chi connectivity index (χ4v) is 2.96. The first-order chi connectivity index (χ1) is 11.1. The molecule has 2 aromatic carbocycles. The van der Waals surface area contributed by atoms with Gasteiger partial charge in [-0.3, -0.25) is 4.79 Å². The number of carbonyl (C=O) groups is 1. The molecule has 0 fully saturated rings. The molecule has 3 rings (SSSR count). The maximum Gasteiger partial charge on any atom is 0.310 e. The van der Waals surface area contributed by atoms with Crippen LogP contribution in [0.25, 0.3) is 0 Å². The number of fused-ring (bicyclic) bond motifs is 1. The minimum Gasteiger partial charge on any atom is -0.493 e. The van der Waals surface area contributed by atoms with Crippen LogP contribution in [0.4, 0.5) is 0 Å². The highest BCUT2D eigenvalue weighted by Crippen LogP contribution is 2.38. The first kappa shape index (κ1) is 15.6. The van der Waals surface area contributed by atoms with Gasteiger partial charge in [0.15, 0.2) is 0 Å². The number of ether oxygens (including phenoxy) is 1. The molecule has 23 heavy (non-hydrogen) atoms. The Morgan fingerprint density at radius 2 is 2.00 bits per heavy atom. The summed E-state index contributed by atoms with van der Waals surface area (Å²) in [5.74, 6) is -0.883. The summed E-state index contributed by atoms with van der Waals surface area (Å²) in [6, 6.07) is 15.3. The molecule has 0 radical (unpaired) electrons. The van der Waals surface area contributed by atoms with Crippen LogP contribution in [0.2, 0.25) is 0 Å². The lowest BCUT2D eigenvalue weighted by atomic mass is 9.87. The number of aliphatic hydroxyl groups excluding tert-OH is 1. The Morgan fingerprint density at radius 1 is 1.26 bits per heavy atom. The first-order valence-corrected chi connectivity index (χ1v) is 7.77. The van der Waals surface area contributed by atoms with Gasteiger partial charge in [0.1, 0.15) is 5.75 Å². The van der Waals surface area contributed by atoms with Crippen LogP contribution in [-0.4, -0.2) is 22.8 Å². The van der Waals surface area contributed by atoms with Gasteiger partial charge in [0.05, 0.1) is 18.6 Å². The summed E-state index contributed by atoms with van der Waals surface area (Å²) in [6.45, 7) is 2.06. The molecule has 1 heterocycles. The number of aliphatic hydroxyl groups is 1. The molecular weight excluding hydrogens is 292 g/mol. The maximum atomic E-state index is 11.1. The van der Waals surface area contributed by atoms with Gasteiger partial charge < -0.3 is 14.9 Å². The smallest absolute Gasteiger partial charge is 0.310 e. The van der Waals surface area contributed by atoms with Crippen LogP contribution >= 0.6 is 0 Å². The highest BCUT2D eigenvalue weighted by atomic mass is 16.5. The molecule has 120 valence electrons. The van der Waals surface area contributed by atoms with Crippen molar-refractivity contribution in [2.75, 3.05) is 6.61 Å². The van der Waals surface area contributed by atoms with E-state index >= 15 is 0 Å². The van der Waals surface area contributed by atoms with E-state index in [9.17, 15) is 9.90 Å². The van der Waals surface area contributed by atoms with Crippen molar-refractivity contribution < 1.29 is 19.7 Å². The lowest BCUT2D eigenvalue weighted by Gasteiger charge is -2.31. The van der Waals surface area contributed by atoms with E-state index in [2.05, 4.69) is 0 Å². The fourth-order valence-electron chi connectivity index (χ4n) is 2.96. The molecule has 3 atom stereocenters. The molecule has 2 N–H and O–H groups in total. The molecule has 2 aromatic rings. The highest BCUT2D eigenvalue weighted by Gasteiger charge is 2.30. The van der Waals surface area contributed by atoms with Gasteiger partial charge in [0, 0.05) is 11.5 Å². The zero-order chi connectivity index (χ0) is 16.4. The average molecular weight is 312 g/mol. The van der Waals surface area contributed by atoms with Gasteiger partial charge in [-0.15, -0.1) is 0 Å². The molecule has 0 saturated carbocycles. The summed E-state index contributed by atoms with van der Waals surface area (Å²) >= 11 is 0. The number of carboxylic acids is 1. The Kier molecular flexibility index (Phi) is 4.35. The Morgan fingerprint density at radius 3 is 2.70 bits per heavy atom. The predicted molar refractivity (Wildman–Crippen MR) is 86.6 cm³/mol. The van der Waals surface area contributed by atoms with E-state index in [-0.39, 0.29) is 5.92 Å². The molecule has 0 bridgehead atoms. The number of carboxylic acid groups (broad SMARTS) is 1. The number of benzene rings is 2. The highest BCUT2D eigenvalue weighted by molar-refractivity contribution is 5.75. The zero-order valence-corrected chi connectivity index (χ0v) is 13.0. The third-order valence-electron chi connectivity index (χ3n) is 4.47. The lowest BCUT2D eigenvalue weighted by molar-refractivity contribution is -0.138. The van der Waals surface area contributed by atoms with Gasteiger partial charge in [-0.05, 0) is 30.5 Å². The van der Waals surface area contributed by atoms with E-state index in [1.807, 2.05) is 30.3 Å². The van der Waals surface area contributed by atoms with Crippen molar-refractivity contribution in [3.8, 4) is 5.75 Å². The van der Waals surface area contributed by atoms with E-state index < -0.39 is 18.0 Å². The third kappa shape index (κ3) is 3.22. The van der Waals surface area contributed by atoms with Gasteiger partial charge >= 0.3 is 5.97 Å². The number of aliphatic carboxylic acids is 1. The van der Waals surface area contributed by atoms with Crippen LogP contribution in [0, 0.1) is 5.92 Å². The minimum absolute atomic E-state index is 0.00681. The van der Waals surface area contributed by atoms with Crippen LogP contribution in [0.15, 0.2) is 48.5 Å². The second-order valence-electron chi connectivity index (χ2n) is 6.06. The Hall–Kier alpha value is -2.33. The molecule has 0 aliphatic carbocycles. The normalized spacial score (nSPS) is 21.1. The SMILES string of the molecule is CC(C(=O)O)c1ccc2c(c1)OC[C@H](Cc1ccccc1)[C@H]2O. The zero-order valence-electron chi connectivity index (χ0n) is 13.0. The molecule has 0 spiro atoms. The van der Waals surface area contributed by atoms with Gasteiger partial charge in [-0.2, -0.15) is 0 Å². The van der Waals surface area contributed by atoms with Gasteiger partial charge in [-0.25, -0.2) is 0 Å². The van der Waals surface area contributed by atoms with Crippen LogP contribution in [-0.2, 0) is 11.2 Å². The predicted octanol–water partition coefficient (Wildman–Crippen LogP) is 3.16. The van der Waals surface area contributed by atoms with E-state index in [0.29, 0.717) is 17.9 Å². The van der Waals surface area contributed by atoms with Crippen molar-refractivity contribution in [1.29, 1.82) is 0 Å². The topological polar surface area (TPSA) is 66.8 Å². The monoisotopic (exact) mass is 312 g/mol. The lowest BCUT2D eigenvalue weighted by Crippen LogP contribution is -2.27. The summed E-state index contributed by atoms with van der Waals surface area (Å²) < 4.78 is 5.80. The van der Waals surface area contributed by atoms with Crippen LogP contribution < -0.4 is 4.74 Å². The minimum atomic E-state index is -0.872. The third-order valence-corrected chi connectivity index (χ3v) is 4.47. The van der Waals surface area contributed by atoms with Crippen LogP contribution in [0.5, 0.6) is 5.75 Å². The average Bonchev–Trinajstić information content (AvgIpc) is 2.57. The van der Waals surface area contributed by atoms with E-state index in [4.69, 9.17) is 9.84 Å². The van der Waals surface area contributed by atoms with Crippen molar-refractivity contribution in [1.82, 2.24) is 0 Å². The summed E-state index contributed by atoms with van der Waals surface area (Å²) in [4.78, 5) is 11.1. The number of hydrogen-bond donors (Lipinski definition) is 2. The molecular formula is C19H20O4. The second-order valence-corrected chi connectivity index (χ2v) is 6.06. The summed E-state index contributed by atoms with van der Waals surface area (Å²) in [7, 11) is 0. The summed E-state index contributed by atoms with van der Waals surface area (Å²) in [6.07, 6.45) is 0.141.